The van der Waals surface area contributed by atoms with Crippen molar-refractivity contribution in [3.8, 4) is 0 Å². The predicted octanol–water partition coefficient (Wildman–Crippen LogP) is 2.46. The van der Waals surface area contributed by atoms with Gasteiger partial charge in [-0.2, -0.15) is 0 Å². The topological polar surface area (TPSA) is 34.0 Å². The lowest BCUT2D eigenvalue weighted by Crippen LogP contribution is -2.27. The van der Waals surface area contributed by atoms with Crippen molar-refractivity contribution in [2.24, 2.45) is 9.98 Å². The zero-order valence-corrected chi connectivity index (χ0v) is 10.4. The first-order valence-electron chi connectivity index (χ1n) is 5.90. The molecule has 2 heterocycles. The molecule has 3 heteroatoms. The third kappa shape index (κ3) is 1.66. The van der Waals surface area contributed by atoms with Crippen LogP contribution in [0.15, 0.2) is 40.3 Å². The molecule has 3 nitrogen and oxygen atoms in total. The summed E-state index contributed by atoms with van der Waals surface area (Å²) in [6, 6.07) is 10.2. The van der Waals surface area contributed by atoms with E-state index in [0.29, 0.717) is 6.61 Å². The smallest absolute Gasteiger partial charge is 0.218 e. The number of nitrogens with zero attached hydrogens (tertiary/aromatic N) is 2. The van der Waals surface area contributed by atoms with Gasteiger partial charge in [-0.15, -0.1) is 0 Å². The average molecular weight is 228 g/mol. The Hall–Kier alpha value is -1.64. The minimum Gasteiger partial charge on any atom is -0.476 e. The highest BCUT2D eigenvalue weighted by Gasteiger charge is 2.52. The lowest BCUT2D eigenvalue weighted by Gasteiger charge is -2.08. The van der Waals surface area contributed by atoms with E-state index in [1.807, 2.05) is 18.2 Å². The van der Waals surface area contributed by atoms with E-state index >= 15 is 0 Å². The van der Waals surface area contributed by atoms with Gasteiger partial charge >= 0.3 is 0 Å². The summed E-state index contributed by atoms with van der Waals surface area (Å²) >= 11 is 0. The van der Waals surface area contributed by atoms with Crippen molar-refractivity contribution < 1.29 is 4.74 Å². The quantitative estimate of drug-likeness (QED) is 0.765. The second kappa shape index (κ2) is 3.19. The molecule has 0 amide bonds. The molecule has 88 valence electrons. The highest BCUT2D eigenvalue weighted by Crippen LogP contribution is 2.37. The first-order valence-corrected chi connectivity index (χ1v) is 5.90. The van der Waals surface area contributed by atoms with Crippen LogP contribution in [0.2, 0.25) is 0 Å². The van der Waals surface area contributed by atoms with Gasteiger partial charge in [-0.3, -0.25) is 4.99 Å². The summed E-state index contributed by atoms with van der Waals surface area (Å²) < 4.78 is 5.68. The predicted molar refractivity (Wildman–Crippen MR) is 68.9 cm³/mol. The van der Waals surface area contributed by atoms with Gasteiger partial charge in [-0.1, -0.05) is 30.3 Å². The molecule has 0 unspecified atom stereocenters. The summed E-state index contributed by atoms with van der Waals surface area (Å²) in [5, 5.41) is 0. The minimum atomic E-state index is -0.324. The van der Waals surface area contributed by atoms with Crippen LogP contribution in [0.5, 0.6) is 0 Å². The molecule has 1 aromatic rings. The molecular formula is C14H16N2O. The van der Waals surface area contributed by atoms with Gasteiger partial charge in [0, 0.05) is 0 Å². The zero-order valence-electron chi connectivity index (χ0n) is 10.4. The van der Waals surface area contributed by atoms with Crippen LogP contribution in [0.4, 0.5) is 0 Å². The van der Waals surface area contributed by atoms with Gasteiger partial charge in [-0.25, -0.2) is 4.99 Å². The summed E-state index contributed by atoms with van der Waals surface area (Å²) in [7, 11) is 0. The fourth-order valence-corrected chi connectivity index (χ4v) is 2.12. The van der Waals surface area contributed by atoms with E-state index in [1.165, 1.54) is 0 Å². The summed E-state index contributed by atoms with van der Waals surface area (Å²) in [4.78, 5) is 9.18. The van der Waals surface area contributed by atoms with Crippen molar-refractivity contribution in [2.75, 3.05) is 6.61 Å². The number of rotatable bonds is 2. The van der Waals surface area contributed by atoms with Gasteiger partial charge in [-0.05, 0) is 26.3 Å². The highest BCUT2D eigenvalue weighted by molar-refractivity contribution is 6.29. The van der Waals surface area contributed by atoms with Crippen molar-refractivity contribution in [1.82, 2.24) is 0 Å². The standard InChI is InChI=1S/C14H16N2O/c1-13(2)9-17-12(16-13)14(3)11(15-14)10-7-5-4-6-8-10/h4-8H,9H2,1-3H3/t14-/m1/s1. The molecule has 0 saturated carbocycles. The first-order chi connectivity index (χ1) is 8.01. The van der Waals surface area contributed by atoms with E-state index in [2.05, 4.69) is 42.9 Å². The SMILES string of the molecule is CC1(C)COC([C@]2(C)N=C2c2ccccc2)=N1. The van der Waals surface area contributed by atoms with E-state index in [1.54, 1.807) is 0 Å². The maximum Gasteiger partial charge on any atom is 0.218 e. The number of hydrogen-bond donors (Lipinski definition) is 0. The Morgan fingerprint density at radius 2 is 1.76 bits per heavy atom. The lowest BCUT2D eigenvalue weighted by atomic mass is 10.00. The van der Waals surface area contributed by atoms with E-state index in [-0.39, 0.29) is 11.1 Å². The Kier molecular flexibility index (Phi) is 1.97. The lowest BCUT2D eigenvalue weighted by molar-refractivity contribution is 0.271. The molecule has 0 radical (unpaired) electrons. The van der Waals surface area contributed by atoms with Gasteiger partial charge in [0.1, 0.15) is 6.61 Å². The normalized spacial score (nSPS) is 29.4. The fraction of sp³-hybridized carbons (Fsp3) is 0.429. The van der Waals surface area contributed by atoms with Crippen molar-refractivity contribution in [3.05, 3.63) is 35.9 Å². The molecule has 0 bridgehead atoms. The van der Waals surface area contributed by atoms with E-state index in [0.717, 1.165) is 17.2 Å². The summed E-state index contributed by atoms with van der Waals surface area (Å²) in [6.07, 6.45) is 0. The number of ether oxygens (including phenoxy) is 1. The maximum atomic E-state index is 5.68. The van der Waals surface area contributed by atoms with Crippen molar-refractivity contribution in [2.45, 2.75) is 31.8 Å². The molecule has 2 aliphatic rings. The number of aliphatic imine (C=N–C) groups is 2. The Bertz CT molecular complexity index is 516. The molecule has 2 aliphatic heterocycles. The van der Waals surface area contributed by atoms with E-state index in [4.69, 9.17) is 4.74 Å². The van der Waals surface area contributed by atoms with Crippen molar-refractivity contribution in [1.29, 1.82) is 0 Å². The van der Waals surface area contributed by atoms with Gasteiger partial charge < -0.3 is 4.74 Å². The molecule has 0 spiro atoms. The zero-order chi connectivity index (χ0) is 12.1. The van der Waals surface area contributed by atoms with Crippen molar-refractivity contribution in [3.63, 3.8) is 0 Å². The second-order valence-electron chi connectivity index (χ2n) is 5.42. The van der Waals surface area contributed by atoms with Crippen LogP contribution in [0.1, 0.15) is 26.3 Å². The summed E-state index contributed by atoms with van der Waals surface area (Å²) in [5.41, 5.74) is 1.80. The molecule has 0 saturated heterocycles. The van der Waals surface area contributed by atoms with Crippen LogP contribution in [0, 0.1) is 0 Å². The van der Waals surface area contributed by atoms with E-state index in [9.17, 15) is 0 Å². The molecule has 3 rings (SSSR count). The Balaban J connectivity index is 1.85. The van der Waals surface area contributed by atoms with Gasteiger partial charge in [0.05, 0.1) is 11.3 Å². The third-order valence-electron chi connectivity index (χ3n) is 3.18. The van der Waals surface area contributed by atoms with Gasteiger partial charge in [0.15, 0.2) is 5.54 Å². The molecule has 0 N–H and O–H groups in total. The van der Waals surface area contributed by atoms with Crippen molar-refractivity contribution >= 4 is 11.6 Å². The third-order valence-corrected chi connectivity index (χ3v) is 3.18. The number of hydrogen-bond acceptors (Lipinski definition) is 3. The fourth-order valence-electron chi connectivity index (χ4n) is 2.12. The average Bonchev–Trinajstić information content (AvgIpc) is 2.86. The largest absolute Gasteiger partial charge is 0.476 e. The minimum absolute atomic E-state index is 0.113. The number of benzene rings is 1. The second-order valence-corrected chi connectivity index (χ2v) is 5.42. The van der Waals surface area contributed by atoms with Gasteiger partial charge in [0.2, 0.25) is 5.90 Å². The Morgan fingerprint density at radius 3 is 2.35 bits per heavy atom. The molecule has 0 fully saturated rings. The van der Waals surface area contributed by atoms with Crippen LogP contribution < -0.4 is 0 Å². The van der Waals surface area contributed by atoms with Crippen LogP contribution >= 0.6 is 0 Å². The first kappa shape index (κ1) is 10.5. The Morgan fingerprint density at radius 1 is 1.06 bits per heavy atom. The molecule has 0 aromatic heterocycles. The summed E-state index contributed by atoms with van der Waals surface area (Å²) in [5.74, 6) is 0.765. The molecular weight excluding hydrogens is 212 g/mol. The molecule has 0 aliphatic carbocycles. The highest BCUT2D eigenvalue weighted by atomic mass is 16.5. The van der Waals surface area contributed by atoms with E-state index < -0.39 is 0 Å². The summed E-state index contributed by atoms with van der Waals surface area (Å²) in [6.45, 7) is 6.87. The van der Waals surface area contributed by atoms with Crippen LogP contribution in [0.25, 0.3) is 0 Å². The van der Waals surface area contributed by atoms with Crippen LogP contribution in [-0.2, 0) is 4.74 Å². The van der Waals surface area contributed by atoms with Crippen LogP contribution in [-0.4, -0.2) is 29.3 Å². The molecule has 1 atom stereocenters. The molecule has 1 aromatic carbocycles. The Labute approximate surface area is 101 Å². The molecule has 17 heavy (non-hydrogen) atoms. The monoisotopic (exact) mass is 228 g/mol. The maximum absolute atomic E-state index is 5.68. The van der Waals surface area contributed by atoms with Gasteiger partial charge in [0.25, 0.3) is 0 Å². The van der Waals surface area contributed by atoms with Crippen LogP contribution in [0.3, 0.4) is 0 Å².